The average Bonchev–Trinajstić information content (AvgIpc) is 2.54. The molecular weight excluding hydrogens is 368 g/mol. The normalized spacial score (nSPS) is 10.3. The van der Waals surface area contributed by atoms with Crippen LogP contribution in [-0.4, -0.2) is 26.6 Å². The maximum Gasteiger partial charge on any atom is 0.283 e. The number of hydrogen-bond acceptors (Lipinski definition) is 6. The monoisotopic (exact) mass is 380 g/mol. The molecule has 0 aromatic carbocycles. The first kappa shape index (κ1) is 16.6. The molecule has 0 saturated carbocycles. The van der Waals surface area contributed by atoms with Crippen molar-refractivity contribution in [1.29, 1.82) is 0 Å². The average molecular weight is 381 g/mol. The van der Waals surface area contributed by atoms with Crippen molar-refractivity contribution in [1.82, 2.24) is 20.1 Å². The lowest BCUT2D eigenvalue weighted by Gasteiger charge is -2.08. The molecule has 10 heteroatoms. The van der Waals surface area contributed by atoms with E-state index in [1.54, 1.807) is 6.07 Å². The highest BCUT2D eigenvalue weighted by Crippen LogP contribution is 2.10. The van der Waals surface area contributed by atoms with Crippen LogP contribution in [-0.2, 0) is 17.9 Å². The van der Waals surface area contributed by atoms with Crippen LogP contribution in [0.1, 0.15) is 16.1 Å². The minimum absolute atomic E-state index is 0.108. The van der Waals surface area contributed by atoms with E-state index >= 15 is 0 Å². The molecule has 0 radical (unpaired) electrons. The van der Waals surface area contributed by atoms with Crippen molar-refractivity contribution >= 4 is 33.4 Å². The van der Waals surface area contributed by atoms with Gasteiger partial charge in [0.25, 0.3) is 11.5 Å². The number of primary amides is 1. The Hall–Kier alpha value is -2.75. The molecular formula is C13H13BrN6O3. The summed E-state index contributed by atoms with van der Waals surface area (Å²) in [4.78, 5) is 38.6. The van der Waals surface area contributed by atoms with Crippen LogP contribution in [0.5, 0.6) is 0 Å². The van der Waals surface area contributed by atoms with Gasteiger partial charge in [-0.05, 0) is 33.6 Å². The van der Waals surface area contributed by atoms with Crippen LogP contribution in [0.2, 0.25) is 0 Å². The second-order valence-corrected chi connectivity index (χ2v) is 5.36. The van der Waals surface area contributed by atoms with Crippen LogP contribution in [0.4, 0.5) is 5.69 Å². The number of nitrogens with one attached hydrogen (secondary N) is 1. The molecule has 0 fully saturated rings. The molecule has 0 aliphatic heterocycles. The molecule has 0 atom stereocenters. The number of amides is 2. The second-order valence-electron chi connectivity index (χ2n) is 4.57. The van der Waals surface area contributed by atoms with Gasteiger partial charge in [0, 0.05) is 12.7 Å². The zero-order chi connectivity index (χ0) is 17.0. The first-order valence-electron chi connectivity index (χ1n) is 6.41. The minimum atomic E-state index is -0.652. The Balaban J connectivity index is 2.01. The molecule has 120 valence electrons. The second kappa shape index (κ2) is 7.01. The third kappa shape index (κ3) is 4.13. The fourth-order valence-electron chi connectivity index (χ4n) is 1.70. The van der Waals surface area contributed by atoms with Gasteiger partial charge in [-0.2, -0.15) is 5.10 Å². The molecule has 0 aliphatic carbocycles. The number of pyridine rings is 1. The van der Waals surface area contributed by atoms with Crippen molar-refractivity contribution < 1.29 is 9.59 Å². The number of aromatic nitrogens is 3. The Morgan fingerprint density at radius 3 is 2.83 bits per heavy atom. The first-order valence-corrected chi connectivity index (χ1v) is 7.20. The SMILES string of the molecule is NC(=O)c1cc(CNC(=O)Cn2ncc(N)c(Br)c2=O)ccn1. The summed E-state index contributed by atoms with van der Waals surface area (Å²) in [5.74, 6) is -1.07. The van der Waals surface area contributed by atoms with Crippen molar-refractivity contribution in [3.63, 3.8) is 0 Å². The largest absolute Gasteiger partial charge is 0.396 e. The van der Waals surface area contributed by atoms with Crippen LogP contribution >= 0.6 is 15.9 Å². The zero-order valence-electron chi connectivity index (χ0n) is 11.8. The van der Waals surface area contributed by atoms with E-state index in [1.165, 1.54) is 18.5 Å². The van der Waals surface area contributed by atoms with Crippen molar-refractivity contribution in [3.8, 4) is 0 Å². The van der Waals surface area contributed by atoms with Gasteiger partial charge in [-0.25, -0.2) is 4.68 Å². The first-order chi connectivity index (χ1) is 10.9. The Morgan fingerprint density at radius 2 is 2.13 bits per heavy atom. The Morgan fingerprint density at radius 1 is 1.39 bits per heavy atom. The molecule has 2 heterocycles. The molecule has 0 saturated heterocycles. The Bertz CT molecular complexity index is 820. The number of hydrogen-bond donors (Lipinski definition) is 3. The lowest BCUT2D eigenvalue weighted by molar-refractivity contribution is -0.122. The standard InChI is InChI=1S/C13H13BrN6O3/c14-11-8(15)5-19-20(13(11)23)6-10(21)18-4-7-1-2-17-9(3-7)12(16)22/h1-3,5H,4,6,15H2,(H2,16,22)(H,18,21). The molecule has 0 aliphatic rings. The number of carbonyl (C=O) groups excluding carboxylic acids is 2. The maximum atomic E-state index is 11.9. The van der Waals surface area contributed by atoms with E-state index in [1.807, 2.05) is 0 Å². The summed E-state index contributed by atoms with van der Waals surface area (Å²) in [5, 5.41) is 6.40. The lowest BCUT2D eigenvalue weighted by atomic mass is 10.2. The summed E-state index contributed by atoms with van der Waals surface area (Å²) in [7, 11) is 0. The number of nitrogens with two attached hydrogens (primary N) is 2. The summed E-state index contributed by atoms with van der Waals surface area (Å²) in [6, 6.07) is 3.11. The quantitative estimate of drug-likeness (QED) is 0.630. The topological polar surface area (TPSA) is 146 Å². The van der Waals surface area contributed by atoms with E-state index in [0.29, 0.717) is 5.56 Å². The molecule has 0 unspecified atom stereocenters. The molecule has 2 amide bonds. The van der Waals surface area contributed by atoms with Crippen molar-refractivity contribution in [2.45, 2.75) is 13.1 Å². The van der Waals surface area contributed by atoms with Crippen molar-refractivity contribution in [3.05, 3.63) is 50.6 Å². The molecule has 9 nitrogen and oxygen atoms in total. The van der Waals surface area contributed by atoms with Crippen LogP contribution in [0.3, 0.4) is 0 Å². The molecule has 2 rings (SSSR count). The highest BCUT2D eigenvalue weighted by atomic mass is 79.9. The molecule has 2 aromatic rings. The fraction of sp³-hybridized carbons (Fsp3) is 0.154. The maximum absolute atomic E-state index is 11.9. The third-order valence-electron chi connectivity index (χ3n) is 2.87. The smallest absolute Gasteiger partial charge is 0.283 e. The molecule has 0 bridgehead atoms. The molecule has 0 spiro atoms. The Kier molecular flexibility index (Phi) is 5.06. The fourth-order valence-corrected chi connectivity index (χ4v) is 2.01. The van der Waals surface area contributed by atoms with E-state index in [9.17, 15) is 14.4 Å². The van der Waals surface area contributed by atoms with E-state index in [2.05, 4.69) is 31.3 Å². The highest BCUT2D eigenvalue weighted by molar-refractivity contribution is 9.10. The summed E-state index contributed by atoms with van der Waals surface area (Å²) < 4.78 is 1.14. The lowest BCUT2D eigenvalue weighted by Crippen LogP contribution is -2.34. The summed E-state index contributed by atoms with van der Waals surface area (Å²) >= 11 is 3.04. The van der Waals surface area contributed by atoms with Gasteiger partial charge in [0.05, 0.1) is 11.9 Å². The summed E-state index contributed by atoms with van der Waals surface area (Å²) in [5.41, 5.74) is 11.1. The number of carbonyl (C=O) groups is 2. The van der Waals surface area contributed by atoms with E-state index in [4.69, 9.17) is 11.5 Å². The van der Waals surface area contributed by atoms with Crippen LogP contribution in [0.25, 0.3) is 0 Å². The number of nitrogens with zero attached hydrogens (tertiary/aromatic N) is 3. The highest BCUT2D eigenvalue weighted by Gasteiger charge is 2.10. The van der Waals surface area contributed by atoms with Gasteiger partial charge in [0.1, 0.15) is 16.7 Å². The van der Waals surface area contributed by atoms with Gasteiger partial charge in [0.2, 0.25) is 5.91 Å². The number of nitrogen functional groups attached to an aromatic ring is 1. The van der Waals surface area contributed by atoms with Gasteiger partial charge < -0.3 is 16.8 Å². The van der Waals surface area contributed by atoms with E-state index < -0.39 is 17.4 Å². The number of rotatable bonds is 5. The predicted molar refractivity (Wildman–Crippen MR) is 85.2 cm³/mol. The number of anilines is 1. The van der Waals surface area contributed by atoms with Crippen molar-refractivity contribution in [2.24, 2.45) is 5.73 Å². The van der Waals surface area contributed by atoms with Gasteiger partial charge in [-0.1, -0.05) is 0 Å². The molecule has 5 N–H and O–H groups in total. The molecule has 2 aromatic heterocycles. The Labute approximate surface area is 138 Å². The van der Waals surface area contributed by atoms with Gasteiger partial charge in [0.15, 0.2) is 0 Å². The summed E-state index contributed by atoms with van der Waals surface area (Å²) in [6.45, 7) is -0.0992. The van der Waals surface area contributed by atoms with E-state index in [-0.39, 0.29) is 28.9 Å². The van der Waals surface area contributed by atoms with Crippen LogP contribution in [0.15, 0.2) is 33.8 Å². The third-order valence-corrected chi connectivity index (χ3v) is 3.67. The summed E-state index contributed by atoms with van der Waals surface area (Å²) in [6.07, 6.45) is 2.70. The number of halogens is 1. The van der Waals surface area contributed by atoms with Gasteiger partial charge >= 0.3 is 0 Å². The van der Waals surface area contributed by atoms with Crippen molar-refractivity contribution in [2.75, 3.05) is 5.73 Å². The van der Waals surface area contributed by atoms with Gasteiger partial charge in [-0.15, -0.1) is 0 Å². The zero-order valence-corrected chi connectivity index (χ0v) is 13.4. The van der Waals surface area contributed by atoms with Gasteiger partial charge in [-0.3, -0.25) is 19.4 Å². The van der Waals surface area contributed by atoms with Crippen LogP contribution in [0, 0.1) is 0 Å². The van der Waals surface area contributed by atoms with Crippen LogP contribution < -0.4 is 22.3 Å². The predicted octanol–water partition coefficient (Wildman–Crippen LogP) is -0.602. The van der Waals surface area contributed by atoms with E-state index in [0.717, 1.165) is 4.68 Å². The molecule has 23 heavy (non-hydrogen) atoms. The minimum Gasteiger partial charge on any atom is -0.396 e.